The van der Waals surface area contributed by atoms with Crippen LogP contribution in [-0.4, -0.2) is 60.3 Å². The molecule has 0 unspecified atom stereocenters. The highest BCUT2D eigenvalue weighted by atomic mass is 19.1. The molecular formula is C19H18F2N6O2. The molecule has 0 radical (unpaired) electrons. The molecule has 4 heterocycles. The van der Waals surface area contributed by atoms with Crippen LogP contribution in [0.5, 0.6) is 11.8 Å². The summed E-state index contributed by atoms with van der Waals surface area (Å²) in [6.07, 6.45) is 0.742. The topological polar surface area (TPSA) is 98.0 Å². The third-order valence-electron chi connectivity index (χ3n) is 5.04. The van der Waals surface area contributed by atoms with E-state index in [2.05, 4.69) is 25.5 Å². The molecule has 2 saturated heterocycles. The van der Waals surface area contributed by atoms with Crippen LogP contribution in [0.1, 0.15) is 15.6 Å². The number of alkyl halides is 2. The van der Waals surface area contributed by atoms with Gasteiger partial charge < -0.3 is 19.7 Å². The molecule has 0 amide bonds. The molecule has 5 atom stereocenters. The van der Waals surface area contributed by atoms with Gasteiger partial charge >= 0.3 is 6.01 Å². The quantitative estimate of drug-likeness (QED) is 0.689. The maximum atomic E-state index is 14.8. The minimum Gasteiger partial charge on any atom is -0.507 e. The lowest BCUT2D eigenvalue weighted by atomic mass is 10.0. The highest BCUT2D eigenvalue weighted by Gasteiger charge is 2.48. The first-order valence-electron chi connectivity index (χ1n) is 10.0. The molecule has 5 rings (SSSR count). The van der Waals surface area contributed by atoms with Crippen molar-refractivity contribution < 1.29 is 21.4 Å². The lowest BCUT2D eigenvalue weighted by molar-refractivity contribution is 0.0366. The zero-order chi connectivity index (χ0) is 21.8. The van der Waals surface area contributed by atoms with Crippen LogP contribution in [0.4, 0.5) is 8.78 Å². The van der Waals surface area contributed by atoms with Crippen LogP contribution in [0.2, 0.25) is 0 Å². The predicted octanol–water partition coefficient (Wildman–Crippen LogP) is 1.99. The number of aromatic nitrogens is 5. The van der Waals surface area contributed by atoms with E-state index in [-0.39, 0.29) is 23.9 Å². The largest absolute Gasteiger partial charge is 0.507 e. The second-order valence-electron chi connectivity index (χ2n) is 6.91. The third-order valence-corrected chi connectivity index (χ3v) is 5.04. The van der Waals surface area contributed by atoms with Gasteiger partial charge in [-0.1, -0.05) is 5.10 Å². The fraction of sp³-hybridized carbons (Fsp3) is 0.368. The van der Waals surface area contributed by atoms with Crippen LogP contribution in [0.25, 0.3) is 16.9 Å². The lowest BCUT2D eigenvalue weighted by Gasteiger charge is -2.31. The van der Waals surface area contributed by atoms with Crippen molar-refractivity contribution in [3.05, 3.63) is 43.1 Å². The van der Waals surface area contributed by atoms with Gasteiger partial charge in [0.2, 0.25) is 0 Å². The normalized spacial score (nSPS) is 34.5. The van der Waals surface area contributed by atoms with Crippen LogP contribution < -0.4 is 10.1 Å². The van der Waals surface area contributed by atoms with E-state index in [1.807, 2.05) is 0 Å². The van der Waals surface area contributed by atoms with Gasteiger partial charge in [-0.25, -0.2) is 18.7 Å². The number of aromatic hydroxyl groups is 1. The summed E-state index contributed by atoms with van der Waals surface area (Å²) in [6.45, 7) is 0. The SMILES string of the molecule is [2H][C@]12C[C@@H](Oc3ncc(-c4ccc(-n5ccnc5)cc4O)nn3)[C@H](F)[C@]([2H])(C[C@H]1F)N2. The van der Waals surface area contributed by atoms with Gasteiger partial charge in [0, 0.05) is 45.2 Å². The zero-order valence-corrected chi connectivity index (χ0v) is 15.0. The van der Waals surface area contributed by atoms with E-state index in [9.17, 15) is 13.9 Å². The molecule has 2 N–H and O–H groups in total. The number of phenolic OH excluding ortho intramolecular Hbond substituents is 1. The minimum absolute atomic E-state index is 0.0454. The summed E-state index contributed by atoms with van der Waals surface area (Å²) in [7, 11) is 0. The first-order valence-corrected chi connectivity index (χ1v) is 9.03. The number of ether oxygens (including phenoxy) is 1. The molecule has 150 valence electrons. The Kier molecular flexibility index (Phi) is 3.82. The number of nitrogens with one attached hydrogen (secondary N) is 1. The summed E-state index contributed by atoms with van der Waals surface area (Å²) in [4.78, 5) is 7.96. The van der Waals surface area contributed by atoms with Crippen molar-refractivity contribution in [2.24, 2.45) is 0 Å². The Balaban J connectivity index is 1.34. The molecule has 1 aromatic carbocycles. The van der Waals surface area contributed by atoms with Gasteiger partial charge in [-0.3, -0.25) is 0 Å². The number of imidazole rings is 1. The predicted molar refractivity (Wildman–Crippen MR) is 98.2 cm³/mol. The zero-order valence-electron chi connectivity index (χ0n) is 17.0. The highest BCUT2D eigenvalue weighted by molar-refractivity contribution is 5.67. The van der Waals surface area contributed by atoms with E-state index in [1.54, 1.807) is 35.4 Å². The van der Waals surface area contributed by atoms with E-state index >= 15 is 0 Å². The fourth-order valence-corrected chi connectivity index (χ4v) is 3.54. The van der Waals surface area contributed by atoms with Gasteiger partial charge in [-0.05, 0) is 18.6 Å². The van der Waals surface area contributed by atoms with E-state index in [4.69, 9.17) is 7.48 Å². The number of hydrogen-bond acceptors (Lipinski definition) is 7. The Morgan fingerprint density at radius 3 is 2.86 bits per heavy atom. The van der Waals surface area contributed by atoms with Gasteiger partial charge in [0.1, 0.15) is 23.7 Å². The van der Waals surface area contributed by atoms with E-state index in [0.717, 1.165) is 0 Å². The summed E-state index contributed by atoms with van der Waals surface area (Å²) >= 11 is 0. The molecule has 3 aromatic rings. The van der Waals surface area contributed by atoms with Crippen molar-refractivity contribution in [1.82, 2.24) is 30.0 Å². The van der Waals surface area contributed by atoms with Crippen molar-refractivity contribution in [2.75, 3.05) is 0 Å². The average Bonchev–Trinajstić information content (AvgIpc) is 3.33. The molecule has 2 bridgehead atoms. The average molecular weight is 402 g/mol. The fourth-order valence-electron chi connectivity index (χ4n) is 3.54. The van der Waals surface area contributed by atoms with E-state index < -0.39 is 36.9 Å². The van der Waals surface area contributed by atoms with Crippen LogP contribution in [0.3, 0.4) is 0 Å². The number of hydrogen-bond donors (Lipinski definition) is 2. The van der Waals surface area contributed by atoms with Crippen LogP contribution in [-0.2, 0) is 0 Å². The molecular weight excluding hydrogens is 382 g/mol. The first kappa shape index (κ1) is 15.7. The smallest absolute Gasteiger partial charge is 0.336 e. The van der Waals surface area contributed by atoms with Crippen molar-refractivity contribution >= 4 is 0 Å². The number of piperidine rings is 1. The summed E-state index contributed by atoms with van der Waals surface area (Å²) in [6, 6.07) is 0.973. The number of phenols is 1. The third kappa shape index (κ3) is 3.29. The number of nitrogens with zero attached hydrogens (tertiary/aromatic N) is 5. The molecule has 2 aliphatic rings. The Labute approximate surface area is 167 Å². The highest BCUT2D eigenvalue weighted by Crippen LogP contribution is 2.33. The Morgan fingerprint density at radius 1 is 1.24 bits per heavy atom. The van der Waals surface area contributed by atoms with Crippen LogP contribution in [0.15, 0.2) is 43.1 Å². The number of halogens is 2. The molecule has 0 saturated carbocycles. The van der Waals surface area contributed by atoms with Gasteiger partial charge in [0.25, 0.3) is 0 Å². The molecule has 29 heavy (non-hydrogen) atoms. The Bertz CT molecular complexity index is 1110. The molecule has 0 spiro atoms. The maximum Gasteiger partial charge on any atom is 0.336 e. The summed E-state index contributed by atoms with van der Waals surface area (Å²) < 4.78 is 52.3. The van der Waals surface area contributed by atoms with Crippen LogP contribution in [0, 0.1) is 0 Å². The monoisotopic (exact) mass is 402 g/mol. The standard InChI is InChI=1S/C19H18F2N6O2/c20-12-6-14-18(21)17(7-13(12)24-14)29-19-23-8-15(25-26-19)11-2-1-10(5-16(11)28)27-4-3-22-9-27/h1-5,8-9,12-14,17-18,24,28H,6-7H2/t12-,13+,14+,17-,18-/m1/s1/i13D,14D. The number of benzene rings is 1. The summed E-state index contributed by atoms with van der Waals surface area (Å²) in [5.41, 5.74) is 1.35. The van der Waals surface area contributed by atoms with Crippen molar-refractivity contribution in [1.29, 1.82) is 0 Å². The van der Waals surface area contributed by atoms with Gasteiger partial charge in [0.15, 0.2) is 6.17 Å². The number of fused-ring (bicyclic) bond motifs is 2. The second kappa shape index (κ2) is 7.03. The van der Waals surface area contributed by atoms with Crippen molar-refractivity contribution in [3.8, 4) is 28.7 Å². The van der Waals surface area contributed by atoms with Gasteiger partial charge in [-0.2, -0.15) is 0 Å². The van der Waals surface area contributed by atoms with E-state index in [0.29, 0.717) is 11.3 Å². The van der Waals surface area contributed by atoms with Crippen molar-refractivity contribution in [2.45, 2.75) is 43.3 Å². The minimum atomic E-state index is -1.93. The summed E-state index contributed by atoms with van der Waals surface area (Å²) in [5.74, 6) is -0.0454. The van der Waals surface area contributed by atoms with Crippen molar-refractivity contribution in [3.63, 3.8) is 0 Å². The molecule has 8 nitrogen and oxygen atoms in total. The van der Waals surface area contributed by atoms with E-state index in [1.165, 1.54) is 12.3 Å². The number of rotatable bonds is 4. The molecule has 2 aromatic heterocycles. The Morgan fingerprint density at radius 2 is 2.14 bits per heavy atom. The molecule has 0 aliphatic carbocycles. The second-order valence-corrected chi connectivity index (χ2v) is 6.91. The Hall–Kier alpha value is -3.14. The molecule has 2 aliphatic heterocycles. The van der Waals surface area contributed by atoms with Gasteiger partial charge in [-0.15, -0.1) is 5.10 Å². The molecule has 10 heteroatoms. The first-order chi connectivity index (χ1) is 14.8. The maximum absolute atomic E-state index is 14.8. The lowest BCUT2D eigenvalue weighted by Crippen LogP contribution is -2.52. The summed E-state index contributed by atoms with van der Waals surface area (Å²) in [5, 5.41) is 20.6. The van der Waals surface area contributed by atoms with Crippen LogP contribution >= 0.6 is 0 Å². The van der Waals surface area contributed by atoms with Gasteiger partial charge in [0.05, 0.1) is 18.2 Å². The molecule has 2 fully saturated rings.